The summed E-state index contributed by atoms with van der Waals surface area (Å²) in [7, 11) is 1.95. The third-order valence-corrected chi connectivity index (χ3v) is 2.87. The molecular formula is C12H17NO2. The molecule has 1 aromatic carbocycles. The predicted octanol–water partition coefficient (Wildman–Crippen LogP) is 1.87. The molecule has 0 bridgehead atoms. The van der Waals surface area contributed by atoms with Crippen LogP contribution in [0.5, 0.6) is 11.5 Å². The summed E-state index contributed by atoms with van der Waals surface area (Å²) in [5, 5.41) is 12.9. The van der Waals surface area contributed by atoms with Crippen molar-refractivity contribution < 1.29 is 9.84 Å². The molecule has 0 radical (unpaired) electrons. The van der Waals surface area contributed by atoms with Crippen LogP contribution in [-0.4, -0.2) is 25.3 Å². The summed E-state index contributed by atoms with van der Waals surface area (Å²) in [5.74, 6) is 1.58. The van der Waals surface area contributed by atoms with Crippen molar-refractivity contribution in [2.24, 2.45) is 0 Å². The fraction of sp³-hybridized carbons (Fsp3) is 0.500. The maximum Gasteiger partial charge on any atom is 0.126 e. The Morgan fingerprint density at radius 1 is 1.53 bits per heavy atom. The number of hydrogen-bond donors (Lipinski definition) is 2. The van der Waals surface area contributed by atoms with E-state index in [1.54, 1.807) is 6.07 Å². The van der Waals surface area contributed by atoms with Gasteiger partial charge in [0.2, 0.25) is 0 Å². The summed E-state index contributed by atoms with van der Waals surface area (Å²) in [5.41, 5.74) is 0.994. The van der Waals surface area contributed by atoms with E-state index in [9.17, 15) is 5.11 Å². The topological polar surface area (TPSA) is 41.5 Å². The SMILES string of the molecule is CNCCCC1COc2cccc(O)c21. The molecule has 1 aliphatic rings. The molecule has 1 aromatic rings. The lowest BCUT2D eigenvalue weighted by atomic mass is 9.95. The lowest BCUT2D eigenvalue weighted by molar-refractivity contribution is 0.322. The third-order valence-electron chi connectivity index (χ3n) is 2.87. The molecule has 0 spiro atoms. The van der Waals surface area contributed by atoms with Crippen LogP contribution in [0.1, 0.15) is 24.3 Å². The molecule has 1 heterocycles. The Morgan fingerprint density at radius 2 is 2.40 bits per heavy atom. The molecular weight excluding hydrogens is 190 g/mol. The van der Waals surface area contributed by atoms with Gasteiger partial charge >= 0.3 is 0 Å². The molecule has 0 saturated carbocycles. The van der Waals surface area contributed by atoms with Crippen molar-refractivity contribution in [2.75, 3.05) is 20.2 Å². The van der Waals surface area contributed by atoms with E-state index in [0.717, 1.165) is 30.7 Å². The van der Waals surface area contributed by atoms with Crippen LogP contribution in [-0.2, 0) is 0 Å². The predicted molar refractivity (Wildman–Crippen MR) is 59.5 cm³/mol. The van der Waals surface area contributed by atoms with E-state index in [1.807, 2.05) is 19.2 Å². The molecule has 15 heavy (non-hydrogen) atoms. The lowest BCUT2D eigenvalue weighted by Gasteiger charge is -2.09. The fourth-order valence-corrected chi connectivity index (χ4v) is 2.10. The van der Waals surface area contributed by atoms with E-state index in [0.29, 0.717) is 18.3 Å². The molecule has 3 nitrogen and oxygen atoms in total. The molecule has 82 valence electrons. The first-order valence-electron chi connectivity index (χ1n) is 5.42. The first kappa shape index (κ1) is 10.3. The molecule has 0 fully saturated rings. The highest BCUT2D eigenvalue weighted by atomic mass is 16.5. The highest BCUT2D eigenvalue weighted by molar-refractivity contribution is 5.48. The van der Waals surface area contributed by atoms with E-state index in [-0.39, 0.29) is 0 Å². The minimum absolute atomic E-state index is 0.356. The molecule has 0 aliphatic carbocycles. The summed E-state index contributed by atoms with van der Waals surface area (Å²) in [6.07, 6.45) is 2.17. The summed E-state index contributed by atoms with van der Waals surface area (Å²) < 4.78 is 5.54. The zero-order valence-electron chi connectivity index (χ0n) is 8.99. The number of phenolic OH excluding ortho intramolecular Hbond substituents is 1. The molecule has 0 saturated heterocycles. The molecule has 2 rings (SSSR count). The van der Waals surface area contributed by atoms with Crippen LogP contribution in [0.25, 0.3) is 0 Å². The number of phenols is 1. The monoisotopic (exact) mass is 207 g/mol. The highest BCUT2D eigenvalue weighted by Gasteiger charge is 2.26. The van der Waals surface area contributed by atoms with E-state index < -0.39 is 0 Å². The number of rotatable bonds is 4. The second-order valence-corrected chi connectivity index (χ2v) is 3.94. The van der Waals surface area contributed by atoms with Gasteiger partial charge in [0, 0.05) is 11.5 Å². The Balaban J connectivity index is 2.07. The van der Waals surface area contributed by atoms with Gasteiger partial charge in [-0.1, -0.05) is 6.07 Å². The van der Waals surface area contributed by atoms with Gasteiger partial charge in [-0.25, -0.2) is 0 Å². The van der Waals surface area contributed by atoms with E-state index in [2.05, 4.69) is 5.32 Å². The molecule has 0 aromatic heterocycles. The first-order chi connectivity index (χ1) is 7.33. The van der Waals surface area contributed by atoms with Crippen LogP contribution in [0.3, 0.4) is 0 Å². The molecule has 1 aliphatic heterocycles. The van der Waals surface area contributed by atoms with Crippen molar-refractivity contribution >= 4 is 0 Å². The standard InChI is InChI=1S/C12H17NO2/c1-13-7-3-4-9-8-15-11-6-2-5-10(14)12(9)11/h2,5-6,9,13-14H,3-4,7-8H2,1H3. The van der Waals surface area contributed by atoms with Crippen molar-refractivity contribution in [3.8, 4) is 11.5 Å². The summed E-state index contributed by atoms with van der Waals surface area (Å²) in [6, 6.07) is 5.48. The van der Waals surface area contributed by atoms with Gasteiger partial charge < -0.3 is 15.2 Å². The second-order valence-electron chi connectivity index (χ2n) is 3.94. The Kier molecular flexibility index (Phi) is 3.11. The van der Waals surface area contributed by atoms with Crippen molar-refractivity contribution in [1.29, 1.82) is 0 Å². The maximum atomic E-state index is 9.76. The quantitative estimate of drug-likeness (QED) is 0.740. The zero-order valence-corrected chi connectivity index (χ0v) is 8.99. The van der Waals surface area contributed by atoms with Crippen LogP contribution in [0.2, 0.25) is 0 Å². The van der Waals surface area contributed by atoms with Crippen LogP contribution in [0.15, 0.2) is 18.2 Å². The highest BCUT2D eigenvalue weighted by Crippen LogP contribution is 2.41. The Labute approximate surface area is 90.1 Å². The zero-order chi connectivity index (χ0) is 10.7. The van der Waals surface area contributed by atoms with Gasteiger partial charge in [-0.15, -0.1) is 0 Å². The summed E-state index contributed by atoms with van der Waals surface area (Å²) in [4.78, 5) is 0. The van der Waals surface area contributed by atoms with Crippen molar-refractivity contribution in [3.05, 3.63) is 23.8 Å². The van der Waals surface area contributed by atoms with Crippen molar-refractivity contribution in [2.45, 2.75) is 18.8 Å². The minimum atomic E-state index is 0.356. The third kappa shape index (κ3) is 2.07. The smallest absolute Gasteiger partial charge is 0.126 e. The summed E-state index contributed by atoms with van der Waals surface area (Å²) in [6.45, 7) is 1.72. The number of aromatic hydroxyl groups is 1. The number of hydrogen-bond acceptors (Lipinski definition) is 3. The Hall–Kier alpha value is -1.22. The van der Waals surface area contributed by atoms with E-state index >= 15 is 0 Å². The van der Waals surface area contributed by atoms with Gasteiger partial charge in [0.25, 0.3) is 0 Å². The lowest BCUT2D eigenvalue weighted by Crippen LogP contribution is -2.10. The molecule has 2 N–H and O–H groups in total. The van der Waals surface area contributed by atoms with Crippen LogP contribution < -0.4 is 10.1 Å². The van der Waals surface area contributed by atoms with Crippen LogP contribution in [0.4, 0.5) is 0 Å². The largest absolute Gasteiger partial charge is 0.508 e. The van der Waals surface area contributed by atoms with Gasteiger partial charge in [0.1, 0.15) is 11.5 Å². The number of nitrogens with one attached hydrogen (secondary N) is 1. The molecule has 3 heteroatoms. The van der Waals surface area contributed by atoms with Crippen LogP contribution in [0, 0.1) is 0 Å². The van der Waals surface area contributed by atoms with E-state index in [4.69, 9.17) is 4.74 Å². The second kappa shape index (κ2) is 4.53. The molecule has 1 unspecified atom stereocenters. The Bertz CT molecular complexity index is 338. The average molecular weight is 207 g/mol. The maximum absolute atomic E-state index is 9.76. The number of fused-ring (bicyclic) bond motifs is 1. The summed E-state index contributed by atoms with van der Waals surface area (Å²) >= 11 is 0. The van der Waals surface area contributed by atoms with Gasteiger partial charge in [-0.3, -0.25) is 0 Å². The van der Waals surface area contributed by atoms with Crippen LogP contribution >= 0.6 is 0 Å². The average Bonchev–Trinajstić information content (AvgIpc) is 2.63. The van der Waals surface area contributed by atoms with Crippen molar-refractivity contribution in [1.82, 2.24) is 5.32 Å². The normalized spacial score (nSPS) is 18.6. The number of benzene rings is 1. The minimum Gasteiger partial charge on any atom is -0.508 e. The van der Waals surface area contributed by atoms with Gasteiger partial charge in [0.15, 0.2) is 0 Å². The van der Waals surface area contributed by atoms with Gasteiger partial charge in [0.05, 0.1) is 6.61 Å². The van der Waals surface area contributed by atoms with Gasteiger partial charge in [-0.2, -0.15) is 0 Å². The van der Waals surface area contributed by atoms with Gasteiger partial charge in [-0.05, 0) is 38.6 Å². The first-order valence-corrected chi connectivity index (χ1v) is 5.42. The fourth-order valence-electron chi connectivity index (χ4n) is 2.10. The van der Waals surface area contributed by atoms with E-state index in [1.165, 1.54) is 0 Å². The molecule has 0 amide bonds. The number of ether oxygens (including phenoxy) is 1. The van der Waals surface area contributed by atoms with Crippen molar-refractivity contribution in [3.63, 3.8) is 0 Å². The Morgan fingerprint density at radius 3 is 3.20 bits per heavy atom. The molecule has 1 atom stereocenters.